The van der Waals surface area contributed by atoms with Crippen molar-refractivity contribution in [3.05, 3.63) is 35.9 Å². The number of hydrogen-bond donors (Lipinski definition) is 1. The monoisotopic (exact) mass is 206 g/mol. The van der Waals surface area contributed by atoms with Crippen molar-refractivity contribution in [2.24, 2.45) is 10.7 Å². The molecule has 0 bridgehead atoms. The molecule has 0 radical (unpaired) electrons. The molecule has 0 aromatic heterocycles. The number of aliphatic imine (C=N–C) groups is 1. The van der Waals surface area contributed by atoms with Gasteiger partial charge in [0, 0.05) is 0 Å². The molecule has 1 heterocycles. The molecule has 1 aliphatic rings. The first-order valence-electron chi connectivity index (χ1n) is 4.92. The molecule has 15 heavy (non-hydrogen) atoms. The summed E-state index contributed by atoms with van der Waals surface area (Å²) in [5.74, 6) is 0. The highest BCUT2D eigenvalue weighted by atomic mass is 16.5. The van der Waals surface area contributed by atoms with Gasteiger partial charge in [-0.05, 0) is 5.56 Å². The largest absolute Gasteiger partial charge is 0.463 e. The molecule has 1 aliphatic heterocycles. The minimum atomic E-state index is 0.0497. The van der Waals surface area contributed by atoms with Crippen LogP contribution in [-0.2, 0) is 16.1 Å². The van der Waals surface area contributed by atoms with Gasteiger partial charge in [-0.3, -0.25) is 0 Å². The molecule has 2 rings (SSSR count). The van der Waals surface area contributed by atoms with Crippen LogP contribution >= 0.6 is 0 Å². The highest BCUT2D eigenvalue weighted by Gasteiger charge is 2.16. The number of benzene rings is 1. The van der Waals surface area contributed by atoms with Crippen molar-refractivity contribution in [2.75, 3.05) is 13.2 Å². The van der Waals surface area contributed by atoms with Crippen LogP contribution in [0.4, 0.5) is 0 Å². The van der Waals surface area contributed by atoms with Crippen LogP contribution in [0, 0.1) is 0 Å². The van der Waals surface area contributed by atoms with Crippen molar-refractivity contribution in [3.63, 3.8) is 0 Å². The van der Waals surface area contributed by atoms with Crippen LogP contribution in [0.25, 0.3) is 0 Å². The van der Waals surface area contributed by atoms with Gasteiger partial charge in [-0.25, -0.2) is 4.99 Å². The van der Waals surface area contributed by atoms with E-state index in [1.54, 1.807) is 0 Å². The topological polar surface area (TPSA) is 56.8 Å². The first-order chi connectivity index (χ1) is 7.34. The van der Waals surface area contributed by atoms with Gasteiger partial charge in [0.2, 0.25) is 0 Å². The number of nitrogens with two attached hydrogens (primary N) is 1. The maximum Gasteiger partial charge on any atom is 0.282 e. The number of nitrogens with zero attached hydrogens (tertiary/aromatic N) is 1. The molecule has 4 nitrogen and oxygen atoms in total. The van der Waals surface area contributed by atoms with E-state index in [2.05, 4.69) is 4.99 Å². The van der Waals surface area contributed by atoms with Crippen LogP contribution in [-0.4, -0.2) is 25.3 Å². The molecule has 4 heteroatoms. The Hall–Kier alpha value is -1.55. The third kappa shape index (κ3) is 2.95. The van der Waals surface area contributed by atoms with Crippen molar-refractivity contribution >= 4 is 6.02 Å². The lowest BCUT2D eigenvalue weighted by Crippen LogP contribution is -2.14. The van der Waals surface area contributed by atoms with E-state index in [1.807, 2.05) is 30.3 Å². The zero-order valence-corrected chi connectivity index (χ0v) is 8.43. The smallest absolute Gasteiger partial charge is 0.282 e. The lowest BCUT2D eigenvalue weighted by atomic mass is 10.2. The normalized spacial score (nSPS) is 19.7. The first-order valence-corrected chi connectivity index (χ1v) is 4.92. The summed E-state index contributed by atoms with van der Waals surface area (Å²) in [5.41, 5.74) is 6.54. The minimum absolute atomic E-state index is 0.0497. The summed E-state index contributed by atoms with van der Waals surface area (Å²) >= 11 is 0. The van der Waals surface area contributed by atoms with E-state index >= 15 is 0 Å². The van der Waals surface area contributed by atoms with Gasteiger partial charge in [0.1, 0.15) is 12.6 Å². The number of ether oxygens (including phenoxy) is 2. The Kier molecular flexibility index (Phi) is 3.19. The van der Waals surface area contributed by atoms with Crippen LogP contribution < -0.4 is 5.73 Å². The standard InChI is InChI=1S/C11H14N2O2/c12-11-13-10(8-15-11)7-14-6-9-4-2-1-3-5-9/h1-5,10H,6-8H2,(H2,12,13)/t10-/m0/s1. The maximum absolute atomic E-state index is 5.51. The molecular formula is C11H14N2O2. The Balaban J connectivity index is 1.72. The molecule has 0 aliphatic carbocycles. The third-order valence-corrected chi connectivity index (χ3v) is 2.16. The summed E-state index contributed by atoms with van der Waals surface area (Å²) in [5, 5.41) is 0. The first kappa shape index (κ1) is 9.98. The average Bonchev–Trinajstić information content (AvgIpc) is 2.66. The summed E-state index contributed by atoms with van der Waals surface area (Å²) in [4.78, 5) is 4.07. The molecule has 1 aromatic rings. The zero-order chi connectivity index (χ0) is 10.5. The van der Waals surface area contributed by atoms with Crippen LogP contribution in [0.2, 0.25) is 0 Å². The van der Waals surface area contributed by atoms with Crippen molar-refractivity contribution in [1.29, 1.82) is 0 Å². The summed E-state index contributed by atoms with van der Waals surface area (Å²) in [7, 11) is 0. The predicted molar refractivity (Wildman–Crippen MR) is 57.5 cm³/mol. The molecule has 0 unspecified atom stereocenters. The van der Waals surface area contributed by atoms with Gasteiger partial charge in [-0.2, -0.15) is 0 Å². The Morgan fingerprint density at radius 3 is 2.87 bits per heavy atom. The predicted octanol–water partition coefficient (Wildman–Crippen LogP) is 0.917. The molecule has 1 atom stereocenters. The molecule has 1 aromatic carbocycles. The fourth-order valence-corrected chi connectivity index (χ4v) is 1.41. The van der Waals surface area contributed by atoms with E-state index in [1.165, 1.54) is 0 Å². The van der Waals surface area contributed by atoms with E-state index in [9.17, 15) is 0 Å². The van der Waals surface area contributed by atoms with Gasteiger partial charge in [-0.15, -0.1) is 0 Å². The van der Waals surface area contributed by atoms with Crippen LogP contribution in [0.5, 0.6) is 0 Å². The molecule has 0 saturated carbocycles. The van der Waals surface area contributed by atoms with E-state index in [4.69, 9.17) is 15.2 Å². The van der Waals surface area contributed by atoms with Gasteiger partial charge in [0.25, 0.3) is 6.02 Å². The lowest BCUT2D eigenvalue weighted by Gasteiger charge is -2.06. The number of hydrogen-bond acceptors (Lipinski definition) is 4. The fourth-order valence-electron chi connectivity index (χ4n) is 1.41. The lowest BCUT2D eigenvalue weighted by molar-refractivity contribution is 0.100. The molecule has 2 N–H and O–H groups in total. The van der Waals surface area contributed by atoms with E-state index in [0.29, 0.717) is 19.8 Å². The summed E-state index contributed by atoms with van der Waals surface area (Å²) in [6.07, 6.45) is 0. The SMILES string of the molecule is NC1=N[C@@H](COCc2ccccc2)CO1. The van der Waals surface area contributed by atoms with E-state index < -0.39 is 0 Å². The van der Waals surface area contributed by atoms with Gasteiger partial charge >= 0.3 is 0 Å². The molecular weight excluding hydrogens is 192 g/mol. The summed E-state index contributed by atoms with van der Waals surface area (Å²) in [6, 6.07) is 10.4. The second-order valence-electron chi connectivity index (χ2n) is 3.43. The van der Waals surface area contributed by atoms with Crippen molar-refractivity contribution in [2.45, 2.75) is 12.6 Å². The average molecular weight is 206 g/mol. The second kappa shape index (κ2) is 4.79. The van der Waals surface area contributed by atoms with Crippen molar-refractivity contribution < 1.29 is 9.47 Å². The zero-order valence-electron chi connectivity index (χ0n) is 8.43. The van der Waals surface area contributed by atoms with Gasteiger partial charge < -0.3 is 15.2 Å². The summed E-state index contributed by atoms with van der Waals surface area (Å²) in [6.45, 7) is 1.68. The highest BCUT2D eigenvalue weighted by Crippen LogP contribution is 2.05. The van der Waals surface area contributed by atoms with Crippen LogP contribution in [0.3, 0.4) is 0 Å². The Morgan fingerprint density at radius 1 is 1.40 bits per heavy atom. The molecule has 80 valence electrons. The minimum Gasteiger partial charge on any atom is -0.463 e. The molecule has 0 saturated heterocycles. The Morgan fingerprint density at radius 2 is 2.20 bits per heavy atom. The van der Waals surface area contributed by atoms with E-state index in [0.717, 1.165) is 5.56 Å². The van der Waals surface area contributed by atoms with Crippen molar-refractivity contribution in [1.82, 2.24) is 0 Å². The highest BCUT2D eigenvalue weighted by molar-refractivity contribution is 5.73. The Bertz CT molecular complexity index is 338. The van der Waals surface area contributed by atoms with Gasteiger partial charge in [0.15, 0.2) is 0 Å². The van der Waals surface area contributed by atoms with Crippen LogP contribution in [0.15, 0.2) is 35.3 Å². The summed E-state index contributed by atoms with van der Waals surface area (Å²) < 4.78 is 10.5. The maximum atomic E-state index is 5.51. The third-order valence-electron chi connectivity index (χ3n) is 2.16. The molecule has 0 fully saturated rings. The quantitative estimate of drug-likeness (QED) is 0.796. The van der Waals surface area contributed by atoms with Crippen molar-refractivity contribution in [3.8, 4) is 0 Å². The van der Waals surface area contributed by atoms with Gasteiger partial charge in [0.05, 0.1) is 13.2 Å². The van der Waals surface area contributed by atoms with Gasteiger partial charge in [-0.1, -0.05) is 30.3 Å². The number of amidine groups is 1. The molecule has 0 spiro atoms. The number of rotatable bonds is 4. The van der Waals surface area contributed by atoms with Crippen LogP contribution in [0.1, 0.15) is 5.56 Å². The fraction of sp³-hybridized carbons (Fsp3) is 0.364. The molecule has 0 amide bonds. The van der Waals surface area contributed by atoms with E-state index in [-0.39, 0.29) is 12.1 Å². The Labute approximate surface area is 88.7 Å². The second-order valence-corrected chi connectivity index (χ2v) is 3.43.